The number of thiophene rings is 1. The summed E-state index contributed by atoms with van der Waals surface area (Å²) >= 11 is 1.15. The quantitative estimate of drug-likeness (QED) is 0.855. The van der Waals surface area contributed by atoms with E-state index in [0.717, 1.165) is 26.6 Å². The zero-order valence-electron chi connectivity index (χ0n) is 11.9. The van der Waals surface area contributed by atoms with Crippen LogP contribution in [0.25, 0.3) is 10.1 Å². The van der Waals surface area contributed by atoms with Crippen molar-refractivity contribution in [2.75, 3.05) is 25.2 Å². The third kappa shape index (κ3) is 3.81. The molecule has 0 fully saturated rings. The van der Waals surface area contributed by atoms with Crippen LogP contribution in [0.3, 0.4) is 0 Å². The lowest BCUT2D eigenvalue weighted by Crippen LogP contribution is -2.34. The maximum absolute atomic E-state index is 11.8. The van der Waals surface area contributed by atoms with Gasteiger partial charge in [0.25, 0.3) is 0 Å². The fourth-order valence-electron chi connectivity index (χ4n) is 1.75. The molecule has 0 unspecified atom stereocenters. The number of carbonyl (C=O) groups excluding carboxylic acids is 1. The van der Waals surface area contributed by atoms with E-state index in [1.54, 1.807) is 18.2 Å². The lowest BCUT2D eigenvalue weighted by atomic mass is 10.2. The van der Waals surface area contributed by atoms with Gasteiger partial charge in [-0.1, -0.05) is 0 Å². The Morgan fingerprint density at radius 2 is 2.00 bits per heavy atom. The summed E-state index contributed by atoms with van der Waals surface area (Å²) in [5.41, 5.74) is 0.481. The molecule has 0 saturated carbocycles. The molecule has 2 N–H and O–H groups in total. The minimum Gasteiger partial charge on any atom is -0.477 e. The van der Waals surface area contributed by atoms with E-state index < -0.39 is 21.9 Å². The Morgan fingerprint density at radius 3 is 2.59 bits per heavy atom. The Morgan fingerprint density at radius 1 is 1.32 bits per heavy atom. The number of hydrogen-bond donors (Lipinski definition) is 2. The summed E-state index contributed by atoms with van der Waals surface area (Å²) in [7, 11) is -2.11. The normalized spacial score (nSPS) is 11.8. The van der Waals surface area contributed by atoms with Crippen molar-refractivity contribution in [3.8, 4) is 0 Å². The number of nitrogens with zero attached hydrogens (tertiary/aromatic N) is 1. The fraction of sp³-hybridized carbons (Fsp3) is 0.231. The van der Waals surface area contributed by atoms with Gasteiger partial charge in [-0.2, -0.15) is 4.31 Å². The number of amides is 1. The molecule has 0 aliphatic carbocycles. The number of carboxylic acids is 1. The highest BCUT2D eigenvalue weighted by atomic mass is 32.2. The highest BCUT2D eigenvalue weighted by molar-refractivity contribution is 7.88. The summed E-state index contributed by atoms with van der Waals surface area (Å²) in [5.74, 6) is -1.47. The lowest BCUT2D eigenvalue weighted by Gasteiger charge is -2.13. The molecular weight excluding hydrogens is 328 g/mol. The molecule has 22 heavy (non-hydrogen) atoms. The summed E-state index contributed by atoms with van der Waals surface area (Å²) in [6.07, 6.45) is 1.02. The molecule has 0 atom stereocenters. The minimum atomic E-state index is -3.42. The Kier molecular flexibility index (Phi) is 4.50. The second-order valence-corrected chi connectivity index (χ2v) is 7.91. The molecule has 2 rings (SSSR count). The molecule has 2 aromatic rings. The number of sulfonamides is 1. The van der Waals surface area contributed by atoms with Crippen LogP contribution in [0.4, 0.5) is 5.69 Å². The second-order valence-electron chi connectivity index (χ2n) is 4.74. The molecular formula is C13H14N2O5S2. The molecule has 1 heterocycles. The van der Waals surface area contributed by atoms with E-state index in [1.807, 2.05) is 0 Å². The number of anilines is 1. The van der Waals surface area contributed by atoms with Crippen molar-refractivity contribution in [1.82, 2.24) is 4.31 Å². The number of hydrogen-bond acceptors (Lipinski definition) is 5. The van der Waals surface area contributed by atoms with Crippen LogP contribution in [0.15, 0.2) is 24.3 Å². The van der Waals surface area contributed by atoms with Gasteiger partial charge in [0.15, 0.2) is 0 Å². The molecule has 0 aliphatic rings. The number of aromatic carboxylic acids is 1. The maximum atomic E-state index is 11.8. The van der Waals surface area contributed by atoms with Crippen molar-refractivity contribution in [2.45, 2.75) is 0 Å². The standard InChI is InChI=1S/C13H14N2O5S2/c1-15(22(2,19)20)7-12(16)14-9-3-4-10-8(5-9)6-11(21-10)13(17)18/h3-6H,7H2,1-2H3,(H,14,16)(H,17,18). The first kappa shape index (κ1) is 16.4. The number of fused-ring (bicyclic) bond motifs is 1. The molecule has 7 nitrogen and oxygen atoms in total. The summed E-state index contributed by atoms with van der Waals surface area (Å²) in [6, 6.07) is 6.53. The third-order valence-corrected chi connectivity index (χ3v) is 5.31. The van der Waals surface area contributed by atoms with Crippen LogP contribution in [0.1, 0.15) is 9.67 Å². The highest BCUT2D eigenvalue weighted by Gasteiger charge is 2.15. The van der Waals surface area contributed by atoms with Gasteiger partial charge in [0.05, 0.1) is 12.8 Å². The Hall–Kier alpha value is -1.97. The molecule has 0 saturated heterocycles. The minimum absolute atomic E-state index is 0.218. The maximum Gasteiger partial charge on any atom is 0.345 e. The number of nitrogens with one attached hydrogen (secondary N) is 1. The molecule has 0 aliphatic heterocycles. The fourth-order valence-corrected chi connectivity index (χ4v) is 2.98. The van der Waals surface area contributed by atoms with Crippen molar-refractivity contribution in [3.63, 3.8) is 0 Å². The van der Waals surface area contributed by atoms with Gasteiger partial charge >= 0.3 is 5.97 Å². The molecule has 0 radical (unpaired) electrons. The Balaban J connectivity index is 2.14. The van der Waals surface area contributed by atoms with E-state index in [9.17, 15) is 18.0 Å². The van der Waals surface area contributed by atoms with Crippen LogP contribution >= 0.6 is 11.3 Å². The third-order valence-electron chi connectivity index (χ3n) is 2.94. The Bertz CT molecular complexity index is 841. The van der Waals surface area contributed by atoms with Crippen LogP contribution < -0.4 is 5.32 Å². The SMILES string of the molecule is CN(CC(=O)Nc1ccc2sc(C(=O)O)cc2c1)S(C)(=O)=O. The van der Waals surface area contributed by atoms with Gasteiger partial charge in [-0.15, -0.1) is 11.3 Å². The smallest absolute Gasteiger partial charge is 0.345 e. The summed E-state index contributed by atoms with van der Waals surface area (Å²) < 4.78 is 24.2. The molecule has 9 heteroatoms. The first-order valence-corrected chi connectivity index (χ1v) is 8.81. The van der Waals surface area contributed by atoms with Crippen LogP contribution in [0.2, 0.25) is 0 Å². The zero-order chi connectivity index (χ0) is 16.5. The first-order chi connectivity index (χ1) is 10.2. The molecule has 1 aromatic carbocycles. The van der Waals surface area contributed by atoms with Gasteiger partial charge in [-0.25, -0.2) is 13.2 Å². The van der Waals surface area contributed by atoms with Crippen molar-refractivity contribution in [3.05, 3.63) is 29.1 Å². The number of carboxylic acid groups (broad SMARTS) is 1. The number of rotatable bonds is 5. The van der Waals surface area contributed by atoms with Gasteiger partial charge < -0.3 is 10.4 Å². The predicted octanol–water partition coefficient (Wildman–Crippen LogP) is 1.43. The average Bonchev–Trinajstić information content (AvgIpc) is 2.80. The lowest BCUT2D eigenvalue weighted by molar-refractivity contribution is -0.116. The topological polar surface area (TPSA) is 104 Å². The highest BCUT2D eigenvalue weighted by Crippen LogP contribution is 2.28. The van der Waals surface area contributed by atoms with Crippen LogP contribution in [0.5, 0.6) is 0 Å². The van der Waals surface area contributed by atoms with E-state index in [-0.39, 0.29) is 11.4 Å². The average molecular weight is 342 g/mol. The molecule has 118 valence electrons. The molecule has 1 aromatic heterocycles. The second kappa shape index (κ2) is 6.03. The van der Waals surface area contributed by atoms with Crippen molar-refractivity contribution >= 4 is 49.0 Å². The Labute approximate surface area is 131 Å². The van der Waals surface area contributed by atoms with E-state index in [0.29, 0.717) is 11.1 Å². The van der Waals surface area contributed by atoms with Gasteiger partial charge in [0, 0.05) is 17.4 Å². The van der Waals surface area contributed by atoms with Gasteiger partial charge in [0.2, 0.25) is 15.9 Å². The molecule has 0 spiro atoms. The number of likely N-dealkylation sites (N-methyl/N-ethyl adjacent to an activating group) is 1. The van der Waals surface area contributed by atoms with Crippen molar-refractivity contribution < 1.29 is 23.1 Å². The van der Waals surface area contributed by atoms with Crippen LogP contribution in [0, 0.1) is 0 Å². The number of carbonyl (C=O) groups is 2. The predicted molar refractivity (Wildman–Crippen MR) is 84.9 cm³/mol. The van der Waals surface area contributed by atoms with Gasteiger partial charge in [-0.3, -0.25) is 4.79 Å². The molecule has 1 amide bonds. The van der Waals surface area contributed by atoms with Crippen LogP contribution in [-0.4, -0.2) is 49.6 Å². The van der Waals surface area contributed by atoms with E-state index >= 15 is 0 Å². The van der Waals surface area contributed by atoms with Crippen molar-refractivity contribution in [2.24, 2.45) is 0 Å². The van der Waals surface area contributed by atoms with E-state index in [2.05, 4.69) is 5.32 Å². The monoisotopic (exact) mass is 342 g/mol. The summed E-state index contributed by atoms with van der Waals surface area (Å²) in [5, 5.41) is 12.2. The summed E-state index contributed by atoms with van der Waals surface area (Å²) in [4.78, 5) is 23.0. The van der Waals surface area contributed by atoms with Gasteiger partial charge in [-0.05, 0) is 29.7 Å². The zero-order valence-corrected chi connectivity index (χ0v) is 13.5. The van der Waals surface area contributed by atoms with Gasteiger partial charge in [0.1, 0.15) is 4.88 Å². The van der Waals surface area contributed by atoms with Crippen molar-refractivity contribution in [1.29, 1.82) is 0 Å². The largest absolute Gasteiger partial charge is 0.477 e. The van der Waals surface area contributed by atoms with E-state index in [4.69, 9.17) is 5.11 Å². The first-order valence-electron chi connectivity index (χ1n) is 6.15. The number of benzene rings is 1. The summed E-state index contributed by atoms with van der Waals surface area (Å²) in [6.45, 7) is -0.291. The van der Waals surface area contributed by atoms with Crippen LogP contribution in [-0.2, 0) is 14.8 Å². The van der Waals surface area contributed by atoms with E-state index in [1.165, 1.54) is 13.1 Å². The molecule has 0 bridgehead atoms.